The Morgan fingerprint density at radius 3 is 2.13 bits per heavy atom. The van der Waals surface area contributed by atoms with Crippen molar-refractivity contribution in [2.45, 2.75) is 44.7 Å². The summed E-state index contributed by atoms with van der Waals surface area (Å²) < 4.78 is 17.6. The smallest absolute Gasteiger partial charge is 0.309 e. The zero-order valence-electron chi connectivity index (χ0n) is 23.0. The number of esters is 1. The van der Waals surface area contributed by atoms with Gasteiger partial charge in [0.2, 0.25) is 0 Å². The van der Waals surface area contributed by atoms with Gasteiger partial charge in [0.25, 0.3) is 0 Å². The zero-order valence-corrected chi connectivity index (χ0v) is 33.2. The Morgan fingerprint density at radius 1 is 0.949 bits per heavy atom. The predicted molar refractivity (Wildman–Crippen MR) is 150 cm³/mol. The number of hydrogen-bond donors (Lipinski definition) is 1. The molecule has 0 amide bonds. The van der Waals surface area contributed by atoms with Gasteiger partial charge in [0.05, 0.1) is 26.2 Å². The molecule has 4 aromatic rings. The SMILES string of the molecule is COc1ccc2[nH]cc(CC[NH-])c2c1.COc1ccc2c(c1)c(CC[NH-])cn2COC(=O)CC(C)(C)Cl.[Ac].[Ac]. The molecule has 0 fully saturated rings. The van der Waals surface area contributed by atoms with Gasteiger partial charge in [0, 0.05) is 122 Å². The van der Waals surface area contributed by atoms with Crippen molar-refractivity contribution >= 4 is 39.4 Å². The molecule has 11 heteroatoms. The number of fused-ring (bicyclic) bond motifs is 2. The molecule has 2 heterocycles. The normalized spacial score (nSPS) is 10.7. The third-order valence-electron chi connectivity index (χ3n) is 5.86. The predicted octanol–water partition coefficient (Wildman–Crippen LogP) is 6.92. The minimum Gasteiger partial charge on any atom is -0.677 e. The maximum absolute atomic E-state index is 11.8. The maximum atomic E-state index is 11.8. The number of hydrogen-bond acceptors (Lipinski definition) is 4. The van der Waals surface area contributed by atoms with Gasteiger partial charge in [-0.3, -0.25) is 4.79 Å². The molecule has 2 radical (unpaired) electrons. The Hall–Kier alpha value is -0.317. The van der Waals surface area contributed by atoms with E-state index in [2.05, 4.69) is 4.98 Å². The summed E-state index contributed by atoms with van der Waals surface area (Å²) in [6.45, 7) is 4.41. The zero-order chi connectivity index (χ0) is 27.0. The number of carbonyl (C=O) groups is 1. The van der Waals surface area contributed by atoms with E-state index in [-0.39, 0.29) is 107 Å². The molecule has 0 aliphatic heterocycles. The van der Waals surface area contributed by atoms with Gasteiger partial charge in [0.1, 0.15) is 11.5 Å². The largest absolute Gasteiger partial charge is 0.677 e. The average Bonchev–Trinajstić information content (AvgIpc) is 3.43. The standard InChI is InChI=1S/C17H22ClN2O3.C11H13N2O.2Ac/c1-17(2,18)9-16(21)23-11-20-10-12(6-7-19)14-8-13(22-3)4-5-15(14)20;1-14-9-2-3-11-10(6-9)8(4-5-12)7-13-11;;/h4-5,8,10,19H,6-7,9,11H2,1-3H3;2-3,6-7,12-13H,4-5H2,1H3;;/q2*-1;;. The van der Waals surface area contributed by atoms with E-state index in [9.17, 15) is 4.79 Å². The van der Waals surface area contributed by atoms with Gasteiger partial charge in [-0.25, -0.2) is 0 Å². The van der Waals surface area contributed by atoms with Crippen LogP contribution in [0.1, 0.15) is 31.4 Å². The topological polar surface area (TPSA) is 113 Å². The van der Waals surface area contributed by atoms with E-state index in [0.717, 1.165) is 45.3 Å². The summed E-state index contributed by atoms with van der Waals surface area (Å²) in [6, 6.07) is 11.7. The summed E-state index contributed by atoms with van der Waals surface area (Å²) in [5.41, 5.74) is 18.9. The molecule has 39 heavy (non-hydrogen) atoms. The van der Waals surface area contributed by atoms with E-state index in [1.54, 1.807) is 28.1 Å². The monoisotopic (exact) mass is 980 g/mol. The number of benzene rings is 2. The van der Waals surface area contributed by atoms with E-state index >= 15 is 0 Å². The molecule has 0 unspecified atom stereocenters. The number of H-pyrrole nitrogens is 1. The van der Waals surface area contributed by atoms with E-state index in [1.807, 2.05) is 53.4 Å². The maximum Gasteiger partial charge on any atom is 0.309 e. The van der Waals surface area contributed by atoms with Gasteiger partial charge in [-0.15, -0.1) is 24.7 Å². The number of rotatable bonds is 10. The molecule has 0 spiro atoms. The number of nitrogens with one attached hydrogen (secondary N) is 3. The third-order valence-corrected chi connectivity index (χ3v) is 6.00. The molecular formula is C28H35Ac2ClN4O4-2. The van der Waals surface area contributed by atoms with Crippen LogP contribution in [0.25, 0.3) is 33.3 Å². The van der Waals surface area contributed by atoms with Crippen molar-refractivity contribution in [3.8, 4) is 11.5 Å². The first-order valence-corrected chi connectivity index (χ1v) is 12.5. The van der Waals surface area contributed by atoms with Crippen LogP contribution in [0.15, 0.2) is 48.8 Å². The van der Waals surface area contributed by atoms with Crippen molar-refractivity contribution in [2.75, 3.05) is 27.3 Å². The van der Waals surface area contributed by atoms with E-state index in [0.29, 0.717) is 19.5 Å². The Bertz CT molecular complexity index is 1330. The Labute approximate surface area is 306 Å². The summed E-state index contributed by atoms with van der Waals surface area (Å²) in [5, 5.41) is 2.18. The molecule has 4 rings (SSSR count). The summed E-state index contributed by atoms with van der Waals surface area (Å²) >= 11 is 6.04. The average molecular weight is 981 g/mol. The van der Waals surface area contributed by atoms with Crippen molar-refractivity contribution in [3.63, 3.8) is 0 Å². The van der Waals surface area contributed by atoms with Crippen LogP contribution in [-0.4, -0.2) is 47.7 Å². The minimum atomic E-state index is -0.612. The number of carbonyl (C=O) groups excluding carboxylic acids is 1. The second kappa shape index (κ2) is 17.6. The summed E-state index contributed by atoms with van der Waals surface area (Å²) in [4.78, 5) is 14.4. The van der Waals surface area contributed by atoms with Gasteiger partial charge >= 0.3 is 5.97 Å². The van der Waals surface area contributed by atoms with Crippen LogP contribution >= 0.6 is 11.6 Å². The van der Waals surface area contributed by atoms with Gasteiger partial charge in [0.15, 0.2) is 6.73 Å². The fourth-order valence-corrected chi connectivity index (χ4v) is 4.19. The first kappa shape index (κ1) is 36.7. The second-order valence-corrected chi connectivity index (χ2v) is 10.3. The fraction of sp³-hybridized carbons (Fsp3) is 0.393. The quantitative estimate of drug-likeness (QED) is 0.137. The van der Waals surface area contributed by atoms with Gasteiger partial charge in [-0.2, -0.15) is 0 Å². The number of halogens is 1. The van der Waals surface area contributed by atoms with Crippen molar-refractivity contribution in [2.24, 2.45) is 0 Å². The van der Waals surface area contributed by atoms with Gasteiger partial charge in [-0.1, -0.05) is 0 Å². The molecule has 0 bridgehead atoms. The number of alkyl halides is 1. The molecule has 0 saturated heterocycles. The van der Waals surface area contributed by atoms with Gasteiger partial charge in [-0.05, 0) is 74.2 Å². The Kier molecular flexibility index (Phi) is 16.6. The van der Waals surface area contributed by atoms with Crippen LogP contribution in [0.2, 0.25) is 0 Å². The first-order chi connectivity index (χ1) is 17.7. The van der Waals surface area contributed by atoms with Crippen molar-refractivity contribution in [1.29, 1.82) is 0 Å². The molecule has 0 saturated carbocycles. The second-order valence-electron chi connectivity index (χ2n) is 9.27. The van der Waals surface area contributed by atoms with Crippen LogP contribution in [-0.2, 0) is 29.1 Å². The number of methoxy groups -OCH3 is 2. The van der Waals surface area contributed by atoms with Crippen LogP contribution in [0, 0.1) is 88.1 Å². The van der Waals surface area contributed by atoms with E-state index in [4.69, 9.17) is 37.3 Å². The summed E-state index contributed by atoms with van der Waals surface area (Å²) in [5.74, 6) is 1.30. The molecular weight excluding hydrogens is 946 g/mol. The minimum absolute atomic E-state index is 0. The van der Waals surface area contributed by atoms with Crippen molar-refractivity contribution in [1.82, 2.24) is 9.55 Å². The molecule has 0 aliphatic rings. The summed E-state index contributed by atoms with van der Waals surface area (Å²) in [7, 11) is 3.29. The van der Waals surface area contributed by atoms with Gasteiger partial charge < -0.3 is 35.2 Å². The molecule has 8 nitrogen and oxygen atoms in total. The van der Waals surface area contributed by atoms with Crippen LogP contribution in [0.3, 0.4) is 0 Å². The van der Waals surface area contributed by atoms with Crippen LogP contribution in [0.5, 0.6) is 11.5 Å². The molecule has 206 valence electrons. The molecule has 2 aromatic heterocycles. The third kappa shape index (κ3) is 10.8. The number of nitrogens with zero attached hydrogens (tertiary/aromatic N) is 1. The Balaban J connectivity index is 0.000000409. The number of aromatic nitrogens is 2. The van der Waals surface area contributed by atoms with Crippen molar-refractivity contribution < 1.29 is 107 Å². The Morgan fingerprint density at radius 2 is 1.54 bits per heavy atom. The molecule has 0 aliphatic carbocycles. The molecule has 0 atom stereocenters. The molecule has 3 N–H and O–H groups in total. The van der Waals surface area contributed by atoms with Crippen LogP contribution in [0.4, 0.5) is 0 Å². The first-order valence-electron chi connectivity index (χ1n) is 12.1. The van der Waals surface area contributed by atoms with E-state index < -0.39 is 4.87 Å². The fourth-order valence-electron chi connectivity index (χ4n) is 4.08. The van der Waals surface area contributed by atoms with E-state index in [1.165, 1.54) is 5.56 Å². The van der Waals surface area contributed by atoms with Crippen LogP contribution < -0.4 is 9.47 Å². The van der Waals surface area contributed by atoms with Crippen molar-refractivity contribution in [3.05, 3.63) is 71.4 Å². The summed E-state index contributed by atoms with van der Waals surface area (Å²) in [6.07, 6.45) is 5.48. The molecule has 2 aromatic carbocycles. The number of aromatic amines is 1. The number of ether oxygens (including phenoxy) is 3.